The molecule has 1 unspecified atom stereocenters. The predicted octanol–water partition coefficient (Wildman–Crippen LogP) is 2.07. The molecule has 1 atom stereocenters. The van der Waals surface area contributed by atoms with E-state index in [1.165, 1.54) is 0 Å². The summed E-state index contributed by atoms with van der Waals surface area (Å²) in [6.07, 6.45) is 3.20. The van der Waals surface area contributed by atoms with Crippen LogP contribution in [0.1, 0.15) is 5.56 Å². The number of fused-ring (bicyclic) bond motifs is 1. The van der Waals surface area contributed by atoms with Gasteiger partial charge in [-0.05, 0) is 30.7 Å². The zero-order chi connectivity index (χ0) is 15.5. The molecular formula is C17H19N3O2. The summed E-state index contributed by atoms with van der Waals surface area (Å²) in [6, 6.07) is 12.0. The first-order valence-corrected chi connectivity index (χ1v) is 7.25. The van der Waals surface area contributed by atoms with E-state index in [0.29, 0.717) is 6.54 Å². The quantitative estimate of drug-likeness (QED) is 0.674. The third-order valence-electron chi connectivity index (χ3n) is 3.64. The van der Waals surface area contributed by atoms with Crippen molar-refractivity contribution in [3.05, 3.63) is 54.4 Å². The normalized spacial score (nSPS) is 12.5. The van der Waals surface area contributed by atoms with Crippen molar-refractivity contribution in [2.45, 2.75) is 13.0 Å². The number of imidazole rings is 1. The van der Waals surface area contributed by atoms with Gasteiger partial charge in [0.1, 0.15) is 5.65 Å². The lowest BCUT2D eigenvalue weighted by Crippen LogP contribution is -2.23. The molecule has 0 saturated carbocycles. The van der Waals surface area contributed by atoms with Crippen molar-refractivity contribution in [1.82, 2.24) is 9.38 Å². The Balaban J connectivity index is 1.90. The summed E-state index contributed by atoms with van der Waals surface area (Å²) in [4.78, 5) is 4.61. The Kier molecular flexibility index (Phi) is 4.09. The van der Waals surface area contributed by atoms with Gasteiger partial charge in [-0.2, -0.15) is 0 Å². The number of pyridine rings is 1. The predicted molar refractivity (Wildman–Crippen MR) is 86.9 cm³/mol. The Labute approximate surface area is 128 Å². The van der Waals surface area contributed by atoms with Crippen molar-refractivity contribution in [3.63, 3.8) is 0 Å². The van der Waals surface area contributed by atoms with Crippen LogP contribution in [-0.4, -0.2) is 38.9 Å². The van der Waals surface area contributed by atoms with Gasteiger partial charge in [0.05, 0.1) is 18.4 Å². The van der Waals surface area contributed by atoms with E-state index in [4.69, 9.17) is 5.11 Å². The first-order valence-electron chi connectivity index (χ1n) is 7.25. The molecule has 0 saturated heterocycles. The Morgan fingerprint density at radius 2 is 2.14 bits per heavy atom. The van der Waals surface area contributed by atoms with E-state index in [9.17, 15) is 5.11 Å². The highest BCUT2D eigenvalue weighted by molar-refractivity contribution is 5.69. The van der Waals surface area contributed by atoms with Crippen molar-refractivity contribution >= 4 is 11.3 Å². The van der Waals surface area contributed by atoms with Gasteiger partial charge in [-0.25, -0.2) is 4.98 Å². The molecule has 5 nitrogen and oxygen atoms in total. The molecule has 0 fully saturated rings. The number of aliphatic hydroxyl groups excluding tert-OH is 2. The fourth-order valence-corrected chi connectivity index (χ4v) is 2.34. The van der Waals surface area contributed by atoms with Crippen molar-refractivity contribution in [3.8, 4) is 11.3 Å². The number of anilines is 1. The van der Waals surface area contributed by atoms with Gasteiger partial charge in [0.25, 0.3) is 0 Å². The molecule has 2 aromatic heterocycles. The maximum Gasteiger partial charge on any atom is 0.137 e. The smallest absolute Gasteiger partial charge is 0.137 e. The fraction of sp³-hybridized carbons (Fsp3) is 0.235. The zero-order valence-electron chi connectivity index (χ0n) is 12.4. The van der Waals surface area contributed by atoms with Gasteiger partial charge in [0, 0.05) is 30.2 Å². The van der Waals surface area contributed by atoms with E-state index in [-0.39, 0.29) is 6.61 Å². The van der Waals surface area contributed by atoms with Crippen LogP contribution in [0.5, 0.6) is 0 Å². The van der Waals surface area contributed by atoms with Gasteiger partial charge >= 0.3 is 0 Å². The second-order valence-electron chi connectivity index (χ2n) is 5.34. The van der Waals surface area contributed by atoms with Crippen LogP contribution < -0.4 is 5.32 Å². The Bertz CT molecular complexity index is 749. The van der Waals surface area contributed by atoms with Crippen LogP contribution in [0.25, 0.3) is 16.9 Å². The molecular weight excluding hydrogens is 278 g/mol. The lowest BCUT2D eigenvalue weighted by molar-refractivity contribution is 0.105. The highest BCUT2D eigenvalue weighted by atomic mass is 16.3. The molecule has 2 heterocycles. The third-order valence-corrected chi connectivity index (χ3v) is 3.64. The molecule has 5 heteroatoms. The van der Waals surface area contributed by atoms with Crippen LogP contribution in [-0.2, 0) is 0 Å². The Morgan fingerprint density at radius 1 is 1.27 bits per heavy atom. The van der Waals surface area contributed by atoms with Crippen LogP contribution in [0.3, 0.4) is 0 Å². The number of aryl methyl sites for hydroxylation is 1. The van der Waals surface area contributed by atoms with Crippen molar-refractivity contribution in [2.75, 3.05) is 18.5 Å². The molecule has 3 rings (SSSR count). The van der Waals surface area contributed by atoms with Crippen molar-refractivity contribution < 1.29 is 10.2 Å². The Hall–Kier alpha value is -2.37. The summed E-state index contributed by atoms with van der Waals surface area (Å²) >= 11 is 0. The highest BCUT2D eigenvalue weighted by Gasteiger charge is 2.08. The summed E-state index contributed by atoms with van der Waals surface area (Å²) in [6.45, 7) is 2.06. The van der Waals surface area contributed by atoms with Crippen LogP contribution in [0, 0.1) is 6.92 Å². The fourth-order valence-electron chi connectivity index (χ4n) is 2.34. The molecule has 0 aliphatic rings. The topological polar surface area (TPSA) is 69.8 Å². The molecule has 0 spiro atoms. The summed E-state index contributed by atoms with van der Waals surface area (Å²) in [7, 11) is 0. The van der Waals surface area contributed by atoms with E-state index in [2.05, 4.69) is 10.3 Å². The van der Waals surface area contributed by atoms with Gasteiger partial charge in [0.15, 0.2) is 0 Å². The van der Waals surface area contributed by atoms with Gasteiger partial charge in [-0.1, -0.05) is 18.2 Å². The van der Waals surface area contributed by atoms with E-state index in [1.54, 1.807) is 0 Å². The molecule has 114 valence electrons. The van der Waals surface area contributed by atoms with Gasteiger partial charge in [-0.15, -0.1) is 0 Å². The van der Waals surface area contributed by atoms with E-state index in [1.807, 2.05) is 60.1 Å². The van der Waals surface area contributed by atoms with E-state index < -0.39 is 6.10 Å². The number of rotatable bonds is 5. The first kappa shape index (κ1) is 14.6. The van der Waals surface area contributed by atoms with Crippen molar-refractivity contribution in [2.24, 2.45) is 0 Å². The number of hydrogen-bond acceptors (Lipinski definition) is 4. The maximum atomic E-state index is 9.46. The van der Waals surface area contributed by atoms with Crippen LogP contribution in [0.4, 0.5) is 5.69 Å². The van der Waals surface area contributed by atoms with Crippen LogP contribution in [0.15, 0.2) is 48.8 Å². The monoisotopic (exact) mass is 297 g/mol. The standard InChI is InChI=1S/C17H19N3O2/c1-12-5-6-13(8-15(12)18-9-14(22)11-21)16-10-20-7-3-2-4-17(20)19-16/h2-8,10,14,18,21-22H,9,11H2,1H3. The lowest BCUT2D eigenvalue weighted by Gasteiger charge is -2.13. The minimum Gasteiger partial charge on any atom is -0.394 e. The summed E-state index contributed by atoms with van der Waals surface area (Å²) < 4.78 is 1.98. The van der Waals surface area contributed by atoms with E-state index >= 15 is 0 Å². The lowest BCUT2D eigenvalue weighted by atomic mass is 10.1. The molecule has 0 radical (unpaired) electrons. The number of hydrogen-bond donors (Lipinski definition) is 3. The molecule has 0 aliphatic heterocycles. The maximum absolute atomic E-state index is 9.46. The van der Waals surface area contributed by atoms with Gasteiger partial charge < -0.3 is 19.9 Å². The number of benzene rings is 1. The number of aliphatic hydroxyl groups is 2. The molecule has 1 aromatic carbocycles. The third kappa shape index (κ3) is 2.95. The second kappa shape index (κ2) is 6.17. The van der Waals surface area contributed by atoms with Crippen LogP contribution in [0.2, 0.25) is 0 Å². The first-order chi connectivity index (χ1) is 10.7. The molecule has 0 aliphatic carbocycles. The molecule has 3 N–H and O–H groups in total. The molecule has 22 heavy (non-hydrogen) atoms. The molecule has 0 amide bonds. The number of aromatic nitrogens is 2. The largest absolute Gasteiger partial charge is 0.394 e. The minimum atomic E-state index is -0.766. The number of nitrogens with zero attached hydrogens (tertiary/aromatic N) is 2. The van der Waals surface area contributed by atoms with Gasteiger partial charge in [0.2, 0.25) is 0 Å². The SMILES string of the molecule is Cc1ccc(-c2cn3ccccc3n2)cc1NCC(O)CO. The highest BCUT2D eigenvalue weighted by Crippen LogP contribution is 2.25. The van der Waals surface area contributed by atoms with Crippen LogP contribution >= 0.6 is 0 Å². The molecule has 3 aromatic rings. The van der Waals surface area contributed by atoms with E-state index in [0.717, 1.165) is 28.2 Å². The second-order valence-corrected chi connectivity index (χ2v) is 5.34. The summed E-state index contributed by atoms with van der Waals surface area (Å²) in [5, 5.41) is 21.5. The van der Waals surface area contributed by atoms with Crippen molar-refractivity contribution in [1.29, 1.82) is 0 Å². The average Bonchev–Trinajstić information content (AvgIpc) is 2.97. The summed E-state index contributed by atoms with van der Waals surface area (Å²) in [5.41, 5.74) is 4.83. The number of nitrogens with one attached hydrogen (secondary N) is 1. The molecule has 0 bridgehead atoms. The average molecular weight is 297 g/mol. The summed E-state index contributed by atoms with van der Waals surface area (Å²) in [5.74, 6) is 0. The Morgan fingerprint density at radius 3 is 2.91 bits per heavy atom. The minimum absolute atomic E-state index is 0.252. The van der Waals surface area contributed by atoms with Gasteiger partial charge in [-0.3, -0.25) is 0 Å². The zero-order valence-corrected chi connectivity index (χ0v) is 12.4.